The number of nitrogens with zero attached hydrogens (tertiary/aromatic N) is 1. The first-order valence-corrected chi connectivity index (χ1v) is 12.6. The fraction of sp³-hybridized carbons (Fsp3) is 0. The maximum atomic E-state index is 5.30. The molecule has 31 heavy (non-hydrogen) atoms. The van der Waals surface area contributed by atoms with Crippen molar-refractivity contribution in [3.05, 3.63) is 91.0 Å². The van der Waals surface area contributed by atoms with Crippen molar-refractivity contribution in [2.45, 2.75) is 0 Å². The predicted molar refractivity (Wildman–Crippen MR) is 139 cm³/mol. The molecule has 0 unspecified atom stereocenters. The molecular weight excluding hydrogens is 435 g/mol. The largest absolute Gasteiger partial charge is 0.245 e. The second-order valence-corrected chi connectivity index (χ2v) is 10.9. The molecule has 0 N–H and O–H groups in total. The van der Waals surface area contributed by atoms with Crippen molar-refractivity contribution in [1.82, 2.24) is 4.98 Å². The number of pyridine rings is 1. The monoisotopic (exact) mass is 449 g/mol. The third-order valence-corrected chi connectivity index (χ3v) is 9.08. The van der Waals surface area contributed by atoms with E-state index >= 15 is 0 Å². The van der Waals surface area contributed by atoms with Gasteiger partial charge in [-0.2, -0.15) is 0 Å². The molecule has 3 aromatic carbocycles. The minimum Gasteiger partial charge on any atom is -0.245 e. The molecule has 0 aliphatic rings. The van der Waals surface area contributed by atoms with Gasteiger partial charge in [0.15, 0.2) is 0 Å². The molecule has 0 spiro atoms. The number of fused-ring (bicyclic) bond motifs is 5. The van der Waals surface area contributed by atoms with Gasteiger partial charge in [0.25, 0.3) is 0 Å². The van der Waals surface area contributed by atoms with Gasteiger partial charge in [-0.1, -0.05) is 54.6 Å². The summed E-state index contributed by atoms with van der Waals surface area (Å²) in [7, 11) is 0. The molecule has 1 nitrogen and oxygen atoms in total. The summed E-state index contributed by atoms with van der Waals surface area (Å²) in [6, 6.07) is 32.8. The minimum atomic E-state index is 1.09. The Kier molecular flexibility index (Phi) is 3.82. The van der Waals surface area contributed by atoms with Crippen molar-refractivity contribution in [2.75, 3.05) is 0 Å². The minimum absolute atomic E-state index is 1.09. The Bertz CT molecular complexity index is 1680. The lowest BCUT2D eigenvalue weighted by Crippen LogP contribution is -1.86. The van der Waals surface area contributed by atoms with Crippen LogP contribution in [0.15, 0.2) is 91.0 Å². The van der Waals surface area contributed by atoms with E-state index in [1.807, 2.05) is 34.0 Å². The highest BCUT2D eigenvalue weighted by atomic mass is 32.1. The van der Waals surface area contributed by atoms with E-state index in [9.17, 15) is 0 Å². The Morgan fingerprint density at radius 2 is 1.13 bits per heavy atom. The average Bonchev–Trinajstić information content (AvgIpc) is 3.51. The number of thiophene rings is 3. The van der Waals surface area contributed by atoms with Gasteiger partial charge < -0.3 is 0 Å². The van der Waals surface area contributed by atoms with E-state index in [0.717, 1.165) is 11.2 Å². The Morgan fingerprint density at radius 1 is 0.516 bits per heavy atom. The molecule has 0 aliphatic carbocycles. The maximum Gasteiger partial charge on any atom is 0.0897 e. The fourth-order valence-electron chi connectivity index (χ4n) is 4.22. The molecule has 0 saturated heterocycles. The lowest BCUT2D eigenvalue weighted by Gasteiger charge is -2.06. The quantitative estimate of drug-likeness (QED) is 0.256. The lowest BCUT2D eigenvalue weighted by molar-refractivity contribution is 1.45. The molecule has 0 amide bonds. The molecule has 4 aromatic heterocycles. The Balaban J connectivity index is 1.58. The van der Waals surface area contributed by atoms with Crippen LogP contribution in [0, 0.1) is 0 Å². The van der Waals surface area contributed by atoms with Gasteiger partial charge >= 0.3 is 0 Å². The van der Waals surface area contributed by atoms with Crippen LogP contribution in [0.25, 0.3) is 61.5 Å². The van der Waals surface area contributed by atoms with E-state index in [4.69, 9.17) is 4.98 Å². The molecule has 146 valence electrons. The molecule has 7 aromatic rings. The van der Waals surface area contributed by atoms with Gasteiger partial charge in [0.2, 0.25) is 0 Å². The van der Waals surface area contributed by atoms with Crippen LogP contribution in [0.1, 0.15) is 0 Å². The smallest absolute Gasteiger partial charge is 0.0897 e. The molecule has 4 heterocycles. The Labute approximate surface area is 190 Å². The van der Waals surface area contributed by atoms with Crippen LogP contribution in [0.2, 0.25) is 0 Å². The lowest BCUT2D eigenvalue weighted by atomic mass is 10.1. The molecular formula is C27H15NS3. The molecule has 0 fully saturated rings. The van der Waals surface area contributed by atoms with Gasteiger partial charge in [-0.15, -0.1) is 34.0 Å². The summed E-state index contributed by atoms with van der Waals surface area (Å²) in [4.78, 5) is 7.81. The number of hydrogen-bond acceptors (Lipinski definition) is 4. The number of hydrogen-bond donors (Lipinski definition) is 0. The summed E-state index contributed by atoms with van der Waals surface area (Å²) < 4.78 is 5.16. The third kappa shape index (κ3) is 2.76. The van der Waals surface area contributed by atoms with Crippen LogP contribution >= 0.6 is 34.0 Å². The van der Waals surface area contributed by atoms with Crippen LogP contribution in [-0.4, -0.2) is 4.98 Å². The molecule has 0 radical (unpaired) electrons. The van der Waals surface area contributed by atoms with Gasteiger partial charge in [0.1, 0.15) is 0 Å². The molecule has 0 saturated carbocycles. The Morgan fingerprint density at radius 3 is 1.87 bits per heavy atom. The zero-order valence-corrected chi connectivity index (χ0v) is 18.8. The topological polar surface area (TPSA) is 12.9 Å². The van der Waals surface area contributed by atoms with Gasteiger partial charge in [-0.25, -0.2) is 4.98 Å². The first kappa shape index (κ1) is 17.6. The third-order valence-electron chi connectivity index (χ3n) is 5.70. The van der Waals surface area contributed by atoms with E-state index in [2.05, 4.69) is 91.0 Å². The summed E-state index contributed by atoms with van der Waals surface area (Å²) in [5.74, 6) is 0. The highest BCUT2D eigenvalue weighted by molar-refractivity contribution is 7.26. The van der Waals surface area contributed by atoms with Gasteiger partial charge in [-0.3, -0.25) is 0 Å². The summed E-state index contributed by atoms with van der Waals surface area (Å²) >= 11 is 5.51. The molecule has 4 heteroatoms. The summed E-state index contributed by atoms with van der Waals surface area (Å²) in [5, 5.41) is 3.82. The van der Waals surface area contributed by atoms with E-state index in [0.29, 0.717) is 0 Å². The fourth-order valence-corrected chi connectivity index (χ4v) is 7.46. The van der Waals surface area contributed by atoms with Crippen LogP contribution in [0.3, 0.4) is 0 Å². The zero-order chi connectivity index (χ0) is 20.4. The second-order valence-electron chi connectivity index (χ2n) is 7.63. The van der Waals surface area contributed by atoms with Crippen molar-refractivity contribution in [3.63, 3.8) is 0 Å². The van der Waals surface area contributed by atoms with Crippen molar-refractivity contribution in [1.29, 1.82) is 0 Å². The summed E-state index contributed by atoms with van der Waals surface area (Å²) in [5.41, 5.74) is 3.42. The average molecular weight is 450 g/mol. The first-order valence-electron chi connectivity index (χ1n) is 10.1. The van der Waals surface area contributed by atoms with Crippen LogP contribution in [-0.2, 0) is 0 Å². The van der Waals surface area contributed by atoms with E-state index < -0.39 is 0 Å². The SMILES string of the molecule is c1ccc2sc(-c3cc4sc5ccccc5c4nc3-c3cc4ccccc4s3)cc2c1. The zero-order valence-electron chi connectivity index (χ0n) is 16.3. The number of aromatic nitrogens is 1. The Hall–Kier alpha value is -3.05. The standard InChI is InChI=1S/C27H15NS3/c1-4-10-20-16(7-1)13-23(29-20)19-15-25-26(18-9-3-6-12-22(18)31-25)28-27(19)24-14-17-8-2-5-11-21(17)30-24/h1-15H. The van der Waals surface area contributed by atoms with E-state index in [1.165, 1.54) is 50.3 Å². The van der Waals surface area contributed by atoms with Gasteiger partial charge in [-0.05, 0) is 47.2 Å². The van der Waals surface area contributed by atoms with Gasteiger partial charge in [0.05, 0.1) is 20.8 Å². The predicted octanol–water partition coefficient (Wildman–Crippen LogP) is 9.21. The normalized spacial score (nSPS) is 11.9. The molecule has 0 aliphatic heterocycles. The molecule has 7 rings (SSSR count). The van der Waals surface area contributed by atoms with E-state index in [-0.39, 0.29) is 0 Å². The van der Waals surface area contributed by atoms with E-state index in [1.54, 1.807) is 0 Å². The van der Waals surface area contributed by atoms with Crippen LogP contribution < -0.4 is 0 Å². The van der Waals surface area contributed by atoms with Crippen molar-refractivity contribution in [2.24, 2.45) is 0 Å². The van der Waals surface area contributed by atoms with Crippen molar-refractivity contribution < 1.29 is 0 Å². The van der Waals surface area contributed by atoms with Crippen molar-refractivity contribution >= 4 is 74.5 Å². The first-order chi connectivity index (χ1) is 15.3. The van der Waals surface area contributed by atoms with Crippen molar-refractivity contribution in [3.8, 4) is 21.0 Å². The summed E-state index contributed by atoms with van der Waals surface area (Å²) in [6.07, 6.45) is 0. The second kappa shape index (κ2) is 6.72. The van der Waals surface area contributed by atoms with Crippen LogP contribution in [0.5, 0.6) is 0 Å². The van der Waals surface area contributed by atoms with Gasteiger partial charge in [0, 0.05) is 29.9 Å². The summed E-state index contributed by atoms with van der Waals surface area (Å²) in [6.45, 7) is 0. The highest BCUT2D eigenvalue weighted by Crippen LogP contribution is 2.45. The molecule has 0 atom stereocenters. The number of benzene rings is 3. The number of rotatable bonds is 2. The molecule has 0 bridgehead atoms. The highest BCUT2D eigenvalue weighted by Gasteiger charge is 2.18. The van der Waals surface area contributed by atoms with Crippen LogP contribution in [0.4, 0.5) is 0 Å². The maximum absolute atomic E-state index is 5.30.